The minimum atomic E-state index is -3.73. The summed E-state index contributed by atoms with van der Waals surface area (Å²) in [5, 5.41) is 0.466. The lowest BCUT2D eigenvalue weighted by Crippen LogP contribution is -2.49. The van der Waals surface area contributed by atoms with Gasteiger partial charge < -0.3 is 4.74 Å². The SMILES string of the molecule is O=S(=O)(c1ccc(Cl)cc1Cl)N1CCN(CCO[C@@H](c2ccccc2)c2ccc(F)c(F)c2)CC1. The summed E-state index contributed by atoms with van der Waals surface area (Å²) in [6.07, 6.45) is -0.556. The molecule has 4 rings (SSSR count). The molecule has 3 aromatic carbocycles. The van der Waals surface area contributed by atoms with Crippen molar-refractivity contribution in [2.24, 2.45) is 0 Å². The predicted molar refractivity (Wildman–Crippen MR) is 132 cm³/mol. The fourth-order valence-corrected chi connectivity index (χ4v) is 6.17. The molecule has 1 heterocycles. The molecule has 1 fully saturated rings. The van der Waals surface area contributed by atoms with E-state index in [9.17, 15) is 17.2 Å². The number of sulfonamides is 1. The van der Waals surface area contributed by atoms with Crippen molar-refractivity contribution in [1.82, 2.24) is 9.21 Å². The topological polar surface area (TPSA) is 49.9 Å². The van der Waals surface area contributed by atoms with E-state index in [1.54, 1.807) is 0 Å². The number of hydrogen-bond acceptors (Lipinski definition) is 4. The van der Waals surface area contributed by atoms with E-state index in [4.69, 9.17) is 27.9 Å². The average Bonchev–Trinajstić information content (AvgIpc) is 2.84. The summed E-state index contributed by atoms with van der Waals surface area (Å²) in [4.78, 5) is 2.14. The van der Waals surface area contributed by atoms with Gasteiger partial charge in [0.15, 0.2) is 11.6 Å². The Labute approximate surface area is 213 Å². The third kappa shape index (κ3) is 6.20. The average molecular weight is 541 g/mol. The van der Waals surface area contributed by atoms with Gasteiger partial charge in [0.2, 0.25) is 10.0 Å². The van der Waals surface area contributed by atoms with Crippen molar-refractivity contribution >= 4 is 33.2 Å². The molecular formula is C25H24Cl2F2N2O3S. The van der Waals surface area contributed by atoms with Crippen LogP contribution in [-0.2, 0) is 14.8 Å². The fourth-order valence-electron chi connectivity index (χ4n) is 4.00. The summed E-state index contributed by atoms with van der Waals surface area (Å²) in [6, 6.07) is 17.4. The first-order valence-electron chi connectivity index (χ1n) is 11.0. The highest BCUT2D eigenvalue weighted by Crippen LogP contribution is 2.29. The maximum Gasteiger partial charge on any atom is 0.244 e. The molecule has 186 valence electrons. The summed E-state index contributed by atoms with van der Waals surface area (Å²) in [6.45, 7) is 2.56. The van der Waals surface area contributed by atoms with Crippen LogP contribution in [0.3, 0.4) is 0 Å². The lowest BCUT2D eigenvalue weighted by Gasteiger charge is -2.34. The summed E-state index contributed by atoms with van der Waals surface area (Å²) in [5.74, 6) is -1.83. The third-order valence-corrected chi connectivity index (χ3v) is 8.50. The van der Waals surface area contributed by atoms with Gasteiger partial charge in [-0.25, -0.2) is 17.2 Å². The van der Waals surface area contributed by atoms with Gasteiger partial charge in [-0.15, -0.1) is 0 Å². The van der Waals surface area contributed by atoms with Gasteiger partial charge in [-0.1, -0.05) is 59.6 Å². The Kier molecular flexibility index (Phi) is 8.42. The van der Waals surface area contributed by atoms with Gasteiger partial charge in [0.05, 0.1) is 11.6 Å². The van der Waals surface area contributed by atoms with Crippen LogP contribution in [0.2, 0.25) is 10.0 Å². The number of rotatable bonds is 8. The highest BCUT2D eigenvalue weighted by Gasteiger charge is 2.30. The van der Waals surface area contributed by atoms with E-state index in [0.29, 0.717) is 49.9 Å². The number of hydrogen-bond donors (Lipinski definition) is 0. The largest absolute Gasteiger partial charge is 0.367 e. The van der Waals surface area contributed by atoms with Gasteiger partial charge in [0.1, 0.15) is 11.0 Å². The quantitative estimate of drug-likeness (QED) is 0.384. The van der Waals surface area contributed by atoms with Crippen molar-refractivity contribution in [2.75, 3.05) is 39.3 Å². The summed E-state index contributed by atoms with van der Waals surface area (Å²) >= 11 is 12.0. The molecule has 0 saturated carbocycles. The smallest absolute Gasteiger partial charge is 0.244 e. The molecule has 1 aliphatic rings. The van der Waals surface area contributed by atoms with E-state index < -0.39 is 27.8 Å². The fraction of sp³-hybridized carbons (Fsp3) is 0.280. The van der Waals surface area contributed by atoms with Crippen molar-refractivity contribution < 1.29 is 21.9 Å². The molecule has 10 heteroatoms. The van der Waals surface area contributed by atoms with Crippen LogP contribution in [0.25, 0.3) is 0 Å². The summed E-state index contributed by atoms with van der Waals surface area (Å²) in [7, 11) is -3.73. The van der Waals surface area contributed by atoms with Gasteiger partial charge in [-0.3, -0.25) is 4.90 Å². The Morgan fingerprint density at radius 2 is 1.57 bits per heavy atom. The second-order valence-corrected chi connectivity index (χ2v) is 10.9. The molecule has 0 N–H and O–H groups in total. The van der Waals surface area contributed by atoms with Gasteiger partial charge in [-0.2, -0.15) is 4.31 Å². The number of nitrogens with zero attached hydrogens (tertiary/aromatic N) is 2. The first-order valence-corrected chi connectivity index (χ1v) is 13.2. The molecule has 3 aromatic rings. The molecule has 0 bridgehead atoms. The van der Waals surface area contributed by atoms with E-state index in [1.807, 2.05) is 30.3 Å². The molecule has 0 radical (unpaired) electrons. The molecule has 0 spiro atoms. The molecule has 35 heavy (non-hydrogen) atoms. The zero-order valence-corrected chi connectivity index (χ0v) is 21.0. The van der Waals surface area contributed by atoms with E-state index >= 15 is 0 Å². The van der Waals surface area contributed by atoms with E-state index in [0.717, 1.165) is 17.7 Å². The second-order valence-electron chi connectivity index (χ2n) is 8.16. The van der Waals surface area contributed by atoms with Crippen LogP contribution in [0.4, 0.5) is 8.78 Å². The van der Waals surface area contributed by atoms with Crippen molar-refractivity contribution in [3.63, 3.8) is 0 Å². The molecule has 1 saturated heterocycles. The lowest BCUT2D eigenvalue weighted by molar-refractivity contribution is 0.0525. The maximum atomic E-state index is 13.9. The third-order valence-electron chi connectivity index (χ3n) is 5.88. The number of benzene rings is 3. The molecular weight excluding hydrogens is 517 g/mol. The van der Waals surface area contributed by atoms with Crippen molar-refractivity contribution in [3.05, 3.63) is 99.5 Å². The van der Waals surface area contributed by atoms with Gasteiger partial charge >= 0.3 is 0 Å². The Hall–Kier alpha value is -2.07. The Morgan fingerprint density at radius 3 is 2.23 bits per heavy atom. The molecule has 1 atom stereocenters. The number of halogens is 4. The minimum absolute atomic E-state index is 0.0394. The second kappa shape index (κ2) is 11.3. The summed E-state index contributed by atoms with van der Waals surface area (Å²) in [5.41, 5.74) is 1.35. The van der Waals surface area contributed by atoms with Crippen LogP contribution in [0.5, 0.6) is 0 Å². The summed E-state index contributed by atoms with van der Waals surface area (Å²) < 4.78 is 60.8. The standard InChI is InChI=1S/C25H24Cl2F2N2O3S/c26-20-7-9-24(21(27)17-20)35(32,33)31-12-10-30(11-13-31)14-15-34-25(18-4-2-1-3-5-18)19-6-8-22(28)23(29)16-19/h1-9,16-17,25H,10-15H2/t25-/m0/s1. The van der Waals surface area contributed by atoms with E-state index in [1.165, 1.54) is 28.6 Å². The highest BCUT2D eigenvalue weighted by molar-refractivity contribution is 7.89. The van der Waals surface area contributed by atoms with E-state index in [2.05, 4.69) is 4.90 Å². The van der Waals surface area contributed by atoms with Crippen molar-refractivity contribution in [2.45, 2.75) is 11.0 Å². The van der Waals surface area contributed by atoms with E-state index in [-0.39, 0.29) is 9.92 Å². The molecule has 0 aliphatic carbocycles. The number of ether oxygens (including phenoxy) is 1. The van der Waals surface area contributed by atoms with Crippen LogP contribution in [0, 0.1) is 11.6 Å². The normalized spacial score (nSPS) is 16.3. The van der Waals surface area contributed by atoms with Crippen LogP contribution >= 0.6 is 23.2 Å². The van der Waals surface area contributed by atoms with Crippen LogP contribution in [0.1, 0.15) is 17.2 Å². The van der Waals surface area contributed by atoms with Gasteiger partial charge in [0.25, 0.3) is 0 Å². The van der Waals surface area contributed by atoms with Crippen molar-refractivity contribution in [3.8, 4) is 0 Å². The molecule has 0 aromatic heterocycles. The van der Waals surface area contributed by atoms with Crippen LogP contribution in [-0.4, -0.2) is 57.0 Å². The molecule has 1 aliphatic heterocycles. The molecule has 5 nitrogen and oxygen atoms in total. The zero-order valence-electron chi connectivity index (χ0n) is 18.7. The molecule has 0 amide bonds. The first kappa shape index (κ1) is 26.0. The lowest BCUT2D eigenvalue weighted by atomic mass is 10.0. The molecule has 0 unspecified atom stereocenters. The monoisotopic (exact) mass is 540 g/mol. The zero-order chi connectivity index (χ0) is 25.0. The Balaban J connectivity index is 1.36. The highest BCUT2D eigenvalue weighted by atomic mass is 35.5. The Bertz CT molecular complexity index is 1270. The van der Waals surface area contributed by atoms with Crippen LogP contribution < -0.4 is 0 Å². The van der Waals surface area contributed by atoms with Crippen LogP contribution in [0.15, 0.2) is 71.6 Å². The van der Waals surface area contributed by atoms with Gasteiger partial charge in [0, 0.05) is 37.7 Å². The number of piperazine rings is 1. The van der Waals surface area contributed by atoms with Gasteiger partial charge in [-0.05, 0) is 41.5 Å². The first-order chi connectivity index (χ1) is 16.8. The predicted octanol–water partition coefficient (Wildman–Crippen LogP) is 5.38. The maximum absolute atomic E-state index is 13.9. The van der Waals surface area contributed by atoms with Crippen molar-refractivity contribution in [1.29, 1.82) is 0 Å². The minimum Gasteiger partial charge on any atom is -0.367 e. The Morgan fingerprint density at radius 1 is 0.857 bits per heavy atom.